The highest BCUT2D eigenvalue weighted by Crippen LogP contribution is 2.35. The van der Waals surface area contributed by atoms with Gasteiger partial charge in [0, 0.05) is 42.1 Å². The number of amides is 1. The summed E-state index contributed by atoms with van der Waals surface area (Å²) in [4.78, 5) is 17.8. The molecule has 5 heteroatoms. The Hall–Kier alpha value is -2.66. The second kappa shape index (κ2) is 6.57. The van der Waals surface area contributed by atoms with E-state index in [0.717, 1.165) is 12.8 Å². The van der Waals surface area contributed by atoms with Gasteiger partial charge < -0.3 is 15.6 Å². The van der Waals surface area contributed by atoms with E-state index in [4.69, 9.17) is 5.73 Å². The molecule has 0 radical (unpaired) electrons. The summed E-state index contributed by atoms with van der Waals surface area (Å²) >= 11 is 0. The molecule has 0 saturated carbocycles. The third-order valence-electron chi connectivity index (χ3n) is 5.67. The predicted molar refractivity (Wildman–Crippen MR) is 101 cm³/mol. The van der Waals surface area contributed by atoms with Crippen molar-refractivity contribution < 1.29 is 9.18 Å². The lowest BCUT2D eigenvalue weighted by Gasteiger charge is -2.41. The van der Waals surface area contributed by atoms with Crippen LogP contribution in [0.2, 0.25) is 0 Å². The van der Waals surface area contributed by atoms with Crippen LogP contribution in [0.25, 0.3) is 10.9 Å². The molecule has 0 atom stereocenters. The molecule has 2 aromatic carbocycles. The number of likely N-dealkylation sites (tertiary alicyclic amines) is 1. The Morgan fingerprint density at radius 1 is 1.12 bits per heavy atom. The average Bonchev–Trinajstić information content (AvgIpc) is 3.14. The molecule has 2 heterocycles. The second-order valence-electron chi connectivity index (χ2n) is 7.01. The minimum absolute atomic E-state index is 0.0937. The van der Waals surface area contributed by atoms with E-state index in [9.17, 15) is 9.18 Å². The SMILES string of the molecule is NCC1(c2ccccc2)CCN(C(=O)c2c[nH]c3cccc(F)c23)CC1. The summed E-state index contributed by atoms with van der Waals surface area (Å²) in [5, 5.41) is 0.372. The number of H-pyrrole nitrogens is 1. The molecule has 1 fully saturated rings. The van der Waals surface area contributed by atoms with Crippen molar-refractivity contribution in [1.82, 2.24) is 9.88 Å². The average molecular weight is 351 g/mol. The zero-order valence-electron chi connectivity index (χ0n) is 14.5. The topological polar surface area (TPSA) is 62.1 Å². The van der Waals surface area contributed by atoms with Gasteiger partial charge in [-0.05, 0) is 30.5 Å². The summed E-state index contributed by atoms with van der Waals surface area (Å²) in [5.41, 5.74) is 8.30. The van der Waals surface area contributed by atoms with Gasteiger partial charge in [-0.1, -0.05) is 36.4 Å². The zero-order chi connectivity index (χ0) is 18.1. The van der Waals surface area contributed by atoms with E-state index in [0.29, 0.717) is 36.1 Å². The Morgan fingerprint density at radius 3 is 2.54 bits per heavy atom. The molecule has 1 aliphatic rings. The largest absolute Gasteiger partial charge is 0.360 e. The molecule has 26 heavy (non-hydrogen) atoms. The lowest BCUT2D eigenvalue weighted by Crippen LogP contribution is -2.48. The van der Waals surface area contributed by atoms with Gasteiger partial charge in [0.15, 0.2) is 0 Å². The van der Waals surface area contributed by atoms with Crippen molar-refractivity contribution in [3.8, 4) is 0 Å². The van der Waals surface area contributed by atoms with E-state index in [-0.39, 0.29) is 17.1 Å². The molecule has 0 spiro atoms. The summed E-state index contributed by atoms with van der Waals surface area (Å²) in [6.45, 7) is 1.79. The molecular weight excluding hydrogens is 329 g/mol. The number of nitrogens with two attached hydrogens (primary N) is 1. The number of rotatable bonds is 3. The van der Waals surface area contributed by atoms with Crippen molar-refractivity contribution in [2.45, 2.75) is 18.3 Å². The molecule has 0 bridgehead atoms. The third-order valence-corrected chi connectivity index (χ3v) is 5.67. The van der Waals surface area contributed by atoms with Crippen LogP contribution in [0.1, 0.15) is 28.8 Å². The molecule has 3 N–H and O–H groups in total. The van der Waals surface area contributed by atoms with Gasteiger partial charge in [-0.3, -0.25) is 4.79 Å². The van der Waals surface area contributed by atoms with Crippen LogP contribution in [0.15, 0.2) is 54.7 Å². The fourth-order valence-corrected chi connectivity index (χ4v) is 4.02. The van der Waals surface area contributed by atoms with Crippen LogP contribution in [-0.4, -0.2) is 35.4 Å². The first kappa shape index (κ1) is 16.8. The summed E-state index contributed by atoms with van der Waals surface area (Å²) in [5.74, 6) is -0.496. The Labute approximate surface area is 151 Å². The number of halogens is 1. The highest BCUT2D eigenvalue weighted by atomic mass is 19.1. The molecule has 1 aliphatic heterocycles. The minimum atomic E-state index is -0.371. The minimum Gasteiger partial charge on any atom is -0.360 e. The van der Waals surface area contributed by atoms with Crippen LogP contribution in [-0.2, 0) is 5.41 Å². The fraction of sp³-hybridized carbons (Fsp3) is 0.286. The number of carbonyl (C=O) groups is 1. The van der Waals surface area contributed by atoms with E-state index >= 15 is 0 Å². The number of nitrogens with one attached hydrogen (secondary N) is 1. The fourth-order valence-electron chi connectivity index (χ4n) is 4.02. The lowest BCUT2D eigenvalue weighted by atomic mass is 9.73. The first-order chi connectivity index (χ1) is 12.6. The van der Waals surface area contributed by atoms with Gasteiger partial charge in [0.2, 0.25) is 0 Å². The van der Waals surface area contributed by atoms with E-state index in [1.165, 1.54) is 11.6 Å². The van der Waals surface area contributed by atoms with Gasteiger partial charge in [0.1, 0.15) is 5.82 Å². The number of nitrogens with zero attached hydrogens (tertiary/aromatic N) is 1. The van der Waals surface area contributed by atoms with Crippen LogP contribution in [0, 0.1) is 5.82 Å². The molecule has 0 unspecified atom stereocenters. The molecule has 4 nitrogen and oxygen atoms in total. The Morgan fingerprint density at radius 2 is 1.85 bits per heavy atom. The molecule has 3 aromatic rings. The number of piperidine rings is 1. The van der Waals surface area contributed by atoms with Gasteiger partial charge in [-0.2, -0.15) is 0 Å². The Kier molecular flexibility index (Phi) is 4.24. The van der Waals surface area contributed by atoms with Gasteiger partial charge in [-0.15, -0.1) is 0 Å². The van der Waals surface area contributed by atoms with Gasteiger partial charge >= 0.3 is 0 Å². The maximum Gasteiger partial charge on any atom is 0.256 e. The van der Waals surface area contributed by atoms with E-state index in [2.05, 4.69) is 17.1 Å². The van der Waals surface area contributed by atoms with Gasteiger partial charge in [0.05, 0.1) is 5.56 Å². The smallest absolute Gasteiger partial charge is 0.256 e. The zero-order valence-corrected chi connectivity index (χ0v) is 14.5. The second-order valence-corrected chi connectivity index (χ2v) is 7.01. The number of aromatic nitrogens is 1. The standard InChI is InChI=1S/C21H22FN3O/c22-17-7-4-8-18-19(17)16(13-24-18)20(26)25-11-9-21(14-23,10-12-25)15-5-2-1-3-6-15/h1-8,13,24H,9-12,14,23H2. The number of carbonyl (C=O) groups excluding carboxylic acids is 1. The monoisotopic (exact) mass is 351 g/mol. The van der Waals surface area contributed by atoms with E-state index in [1.807, 2.05) is 23.1 Å². The number of aromatic amines is 1. The first-order valence-electron chi connectivity index (χ1n) is 8.95. The molecular formula is C21H22FN3O. The summed E-state index contributed by atoms with van der Waals surface area (Å²) in [7, 11) is 0. The third kappa shape index (κ3) is 2.69. The van der Waals surface area contributed by atoms with Crippen molar-refractivity contribution >= 4 is 16.8 Å². The van der Waals surface area contributed by atoms with Crippen LogP contribution in [0.4, 0.5) is 4.39 Å². The molecule has 0 aliphatic carbocycles. The van der Waals surface area contributed by atoms with Crippen LogP contribution < -0.4 is 5.73 Å². The maximum atomic E-state index is 14.2. The Bertz CT molecular complexity index is 927. The van der Waals surface area contributed by atoms with E-state index < -0.39 is 0 Å². The summed E-state index contributed by atoms with van der Waals surface area (Å²) < 4.78 is 14.2. The number of hydrogen-bond donors (Lipinski definition) is 2. The number of benzene rings is 2. The summed E-state index contributed by atoms with van der Waals surface area (Å²) in [6, 6.07) is 15.1. The number of fused-ring (bicyclic) bond motifs is 1. The van der Waals surface area contributed by atoms with Crippen molar-refractivity contribution in [2.75, 3.05) is 19.6 Å². The molecule has 4 rings (SSSR count). The molecule has 134 valence electrons. The molecule has 1 saturated heterocycles. The van der Waals surface area contributed by atoms with Crippen LogP contribution >= 0.6 is 0 Å². The van der Waals surface area contributed by atoms with Crippen LogP contribution in [0.5, 0.6) is 0 Å². The highest BCUT2D eigenvalue weighted by Gasteiger charge is 2.36. The van der Waals surface area contributed by atoms with Crippen molar-refractivity contribution in [2.24, 2.45) is 5.73 Å². The van der Waals surface area contributed by atoms with Gasteiger partial charge in [0.25, 0.3) is 5.91 Å². The van der Waals surface area contributed by atoms with Crippen molar-refractivity contribution in [1.29, 1.82) is 0 Å². The maximum absolute atomic E-state index is 14.2. The number of hydrogen-bond acceptors (Lipinski definition) is 2. The normalized spacial score (nSPS) is 16.8. The molecule has 1 amide bonds. The Balaban J connectivity index is 1.57. The first-order valence-corrected chi connectivity index (χ1v) is 8.95. The van der Waals surface area contributed by atoms with E-state index in [1.54, 1.807) is 18.3 Å². The predicted octanol–water partition coefficient (Wildman–Crippen LogP) is 3.44. The lowest BCUT2D eigenvalue weighted by molar-refractivity contribution is 0.0671. The van der Waals surface area contributed by atoms with Crippen molar-refractivity contribution in [3.63, 3.8) is 0 Å². The van der Waals surface area contributed by atoms with Gasteiger partial charge in [-0.25, -0.2) is 4.39 Å². The highest BCUT2D eigenvalue weighted by molar-refractivity contribution is 6.07. The van der Waals surface area contributed by atoms with Crippen molar-refractivity contribution in [3.05, 3.63) is 71.7 Å². The quantitative estimate of drug-likeness (QED) is 0.759. The van der Waals surface area contributed by atoms with Crippen LogP contribution in [0.3, 0.4) is 0 Å². The summed E-state index contributed by atoms with van der Waals surface area (Å²) in [6.07, 6.45) is 3.23. The molecule has 1 aromatic heterocycles.